The lowest BCUT2D eigenvalue weighted by atomic mass is 10.2. The van der Waals surface area contributed by atoms with Crippen molar-refractivity contribution in [1.82, 2.24) is 19.1 Å². The highest BCUT2D eigenvalue weighted by molar-refractivity contribution is 7.08. The number of benzene rings is 1. The van der Waals surface area contributed by atoms with Crippen molar-refractivity contribution >= 4 is 28.1 Å². The molecular weight excluding hydrogens is 246 g/mol. The third kappa shape index (κ3) is 1.84. The Hall–Kier alpha value is -1.95. The topological polar surface area (TPSA) is 69.6 Å². The molecule has 0 aliphatic carbocycles. The van der Waals surface area contributed by atoms with Gasteiger partial charge in [-0.2, -0.15) is 9.47 Å². The second-order valence-electron chi connectivity index (χ2n) is 4.12. The number of aromatic nitrogens is 4. The average molecular weight is 259 g/mol. The molecule has 6 heteroatoms. The van der Waals surface area contributed by atoms with Gasteiger partial charge in [0.25, 0.3) is 0 Å². The molecule has 2 aromatic heterocycles. The van der Waals surface area contributed by atoms with E-state index in [1.807, 2.05) is 24.4 Å². The summed E-state index contributed by atoms with van der Waals surface area (Å²) >= 11 is 1.37. The third-order valence-corrected chi connectivity index (χ3v) is 3.44. The van der Waals surface area contributed by atoms with Crippen molar-refractivity contribution in [3.63, 3.8) is 0 Å². The fourth-order valence-electron chi connectivity index (χ4n) is 1.84. The van der Waals surface area contributed by atoms with Gasteiger partial charge in [0.1, 0.15) is 5.82 Å². The van der Waals surface area contributed by atoms with Crippen LogP contribution in [-0.2, 0) is 6.42 Å². The molecule has 2 N–H and O–H groups in total. The Morgan fingerprint density at radius 1 is 1.39 bits per heavy atom. The number of fused-ring (bicyclic) bond motifs is 1. The minimum atomic E-state index is 0.725. The van der Waals surface area contributed by atoms with Gasteiger partial charge in [-0.15, -0.1) is 0 Å². The molecule has 2 heterocycles. The second kappa shape index (κ2) is 4.38. The quantitative estimate of drug-likeness (QED) is 0.733. The van der Waals surface area contributed by atoms with Gasteiger partial charge in [-0.05, 0) is 24.6 Å². The molecule has 1 aromatic carbocycles. The number of rotatable bonds is 3. The van der Waals surface area contributed by atoms with Crippen molar-refractivity contribution in [2.24, 2.45) is 0 Å². The summed E-state index contributed by atoms with van der Waals surface area (Å²) in [4.78, 5) is 4.49. The Balaban J connectivity index is 2.09. The highest BCUT2D eigenvalue weighted by Gasteiger charge is 2.10. The Morgan fingerprint density at radius 3 is 3.11 bits per heavy atom. The van der Waals surface area contributed by atoms with E-state index in [1.54, 1.807) is 4.68 Å². The van der Waals surface area contributed by atoms with Gasteiger partial charge in [0, 0.05) is 29.0 Å². The van der Waals surface area contributed by atoms with E-state index in [1.165, 1.54) is 11.5 Å². The van der Waals surface area contributed by atoms with E-state index in [4.69, 9.17) is 5.73 Å². The summed E-state index contributed by atoms with van der Waals surface area (Å²) in [7, 11) is 0. The molecule has 92 valence electrons. The standard InChI is InChI=1S/C12H13N5S/c1-2-3-11-15-12(18-16-11)17-10-6-9(13)5-4-8(10)7-14-17/h4-7H,2-3,13H2,1H3. The van der Waals surface area contributed by atoms with Gasteiger partial charge in [0.2, 0.25) is 5.13 Å². The number of nitrogen functional groups attached to an aromatic ring is 1. The van der Waals surface area contributed by atoms with E-state index in [0.717, 1.165) is 40.4 Å². The zero-order valence-corrected chi connectivity index (χ0v) is 10.8. The fraction of sp³-hybridized carbons (Fsp3) is 0.250. The zero-order valence-electron chi connectivity index (χ0n) is 10.00. The molecule has 0 unspecified atom stereocenters. The Kier molecular flexibility index (Phi) is 2.71. The highest BCUT2D eigenvalue weighted by atomic mass is 32.1. The lowest BCUT2D eigenvalue weighted by Crippen LogP contribution is -1.96. The van der Waals surface area contributed by atoms with Crippen LogP contribution in [-0.4, -0.2) is 19.1 Å². The van der Waals surface area contributed by atoms with E-state index >= 15 is 0 Å². The minimum Gasteiger partial charge on any atom is -0.399 e. The van der Waals surface area contributed by atoms with Crippen molar-refractivity contribution in [2.45, 2.75) is 19.8 Å². The van der Waals surface area contributed by atoms with Gasteiger partial charge in [0.05, 0.1) is 11.7 Å². The van der Waals surface area contributed by atoms with E-state index < -0.39 is 0 Å². The summed E-state index contributed by atoms with van der Waals surface area (Å²) in [6.07, 6.45) is 3.76. The van der Waals surface area contributed by atoms with Crippen molar-refractivity contribution < 1.29 is 0 Å². The maximum Gasteiger partial charge on any atom is 0.230 e. The summed E-state index contributed by atoms with van der Waals surface area (Å²) < 4.78 is 6.12. The molecule has 0 aliphatic rings. The van der Waals surface area contributed by atoms with E-state index in [-0.39, 0.29) is 0 Å². The Morgan fingerprint density at radius 2 is 2.28 bits per heavy atom. The molecule has 0 spiro atoms. The van der Waals surface area contributed by atoms with Crippen molar-refractivity contribution in [3.8, 4) is 5.13 Å². The van der Waals surface area contributed by atoms with Gasteiger partial charge in [-0.25, -0.2) is 9.67 Å². The van der Waals surface area contributed by atoms with Crippen LogP contribution in [0.25, 0.3) is 16.0 Å². The number of nitrogens with zero attached hydrogens (tertiary/aromatic N) is 4. The smallest absolute Gasteiger partial charge is 0.230 e. The lowest BCUT2D eigenvalue weighted by Gasteiger charge is -1.98. The van der Waals surface area contributed by atoms with Crippen LogP contribution in [0, 0.1) is 0 Å². The zero-order chi connectivity index (χ0) is 12.5. The number of hydrogen-bond acceptors (Lipinski definition) is 5. The van der Waals surface area contributed by atoms with Crippen LogP contribution < -0.4 is 5.73 Å². The van der Waals surface area contributed by atoms with E-state index in [9.17, 15) is 0 Å². The van der Waals surface area contributed by atoms with Crippen LogP contribution in [0.2, 0.25) is 0 Å². The van der Waals surface area contributed by atoms with E-state index in [0.29, 0.717) is 0 Å². The molecule has 0 aliphatic heterocycles. The first-order chi connectivity index (χ1) is 8.78. The molecule has 0 saturated heterocycles. The summed E-state index contributed by atoms with van der Waals surface area (Å²) in [5.74, 6) is 0.880. The summed E-state index contributed by atoms with van der Waals surface area (Å²) in [6, 6.07) is 5.74. The first-order valence-electron chi connectivity index (χ1n) is 5.84. The van der Waals surface area contributed by atoms with Crippen molar-refractivity contribution in [3.05, 3.63) is 30.2 Å². The molecule has 0 saturated carbocycles. The highest BCUT2D eigenvalue weighted by Crippen LogP contribution is 2.21. The molecule has 18 heavy (non-hydrogen) atoms. The van der Waals surface area contributed by atoms with Crippen LogP contribution in [0.15, 0.2) is 24.4 Å². The maximum absolute atomic E-state index is 5.81. The Labute approximate surface area is 108 Å². The van der Waals surface area contributed by atoms with Crippen molar-refractivity contribution in [1.29, 1.82) is 0 Å². The SMILES string of the molecule is CCCc1nsc(-n2ncc3ccc(N)cc32)n1. The molecule has 0 bridgehead atoms. The number of aryl methyl sites for hydroxylation is 1. The first-order valence-corrected chi connectivity index (χ1v) is 6.61. The maximum atomic E-state index is 5.81. The van der Waals surface area contributed by atoms with Crippen LogP contribution in [0.1, 0.15) is 19.2 Å². The van der Waals surface area contributed by atoms with Crippen molar-refractivity contribution in [2.75, 3.05) is 5.73 Å². The summed E-state index contributed by atoms with van der Waals surface area (Å²) in [6.45, 7) is 2.12. The predicted molar refractivity (Wildman–Crippen MR) is 72.9 cm³/mol. The average Bonchev–Trinajstić information content (AvgIpc) is 2.95. The van der Waals surface area contributed by atoms with E-state index in [2.05, 4.69) is 21.4 Å². The largest absolute Gasteiger partial charge is 0.399 e. The molecule has 0 amide bonds. The summed E-state index contributed by atoms with van der Waals surface area (Å²) in [5, 5.41) is 6.19. The van der Waals surface area contributed by atoms with Crippen LogP contribution in [0.4, 0.5) is 5.69 Å². The molecule has 3 aromatic rings. The molecule has 5 nitrogen and oxygen atoms in total. The minimum absolute atomic E-state index is 0.725. The van der Waals surface area contributed by atoms with Gasteiger partial charge in [-0.3, -0.25) is 0 Å². The van der Waals surface area contributed by atoms with Gasteiger partial charge < -0.3 is 5.73 Å². The van der Waals surface area contributed by atoms with Gasteiger partial charge in [-0.1, -0.05) is 6.92 Å². The number of anilines is 1. The molecule has 0 radical (unpaired) electrons. The normalized spacial score (nSPS) is 11.2. The summed E-state index contributed by atoms with van der Waals surface area (Å²) in [5.41, 5.74) is 7.50. The second-order valence-corrected chi connectivity index (χ2v) is 4.85. The van der Waals surface area contributed by atoms with Gasteiger partial charge >= 0.3 is 0 Å². The molecule has 3 rings (SSSR count). The monoisotopic (exact) mass is 259 g/mol. The molecule has 0 atom stereocenters. The fourth-order valence-corrected chi connectivity index (χ4v) is 2.53. The van der Waals surface area contributed by atoms with Crippen LogP contribution in [0.3, 0.4) is 0 Å². The van der Waals surface area contributed by atoms with Crippen LogP contribution in [0.5, 0.6) is 0 Å². The Bertz CT molecular complexity index is 685. The van der Waals surface area contributed by atoms with Gasteiger partial charge in [0.15, 0.2) is 0 Å². The number of nitrogens with two attached hydrogens (primary N) is 1. The predicted octanol–water partition coefficient (Wildman–Crippen LogP) is 2.41. The molecule has 0 fully saturated rings. The van der Waals surface area contributed by atoms with Crippen LogP contribution >= 0.6 is 11.5 Å². The molecular formula is C12H13N5S. The first kappa shape index (κ1) is 11.2. The number of hydrogen-bond donors (Lipinski definition) is 1. The lowest BCUT2D eigenvalue weighted by molar-refractivity contribution is 0.836. The third-order valence-electron chi connectivity index (χ3n) is 2.71.